The molecule has 2 N–H and O–H groups in total. The second kappa shape index (κ2) is 8.33. The Hall–Kier alpha value is -4.57. The predicted octanol–water partition coefficient (Wildman–Crippen LogP) is 4.22. The summed E-state index contributed by atoms with van der Waals surface area (Å²) in [5.74, 6) is -0.0212. The molecular formula is C25H20FN9. The van der Waals surface area contributed by atoms with Crippen molar-refractivity contribution in [3.8, 4) is 33.8 Å². The third-order valence-electron chi connectivity index (χ3n) is 5.73. The number of hydrogen-bond donors (Lipinski definition) is 2. The first-order chi connectivity index (χ1) is 17.1. The highest BCUT2D eigenvalue weighted by atomic mass is 19.1. The Labute approximate surface area is 199 Å². The first kappa shape index (κ1) is 21.0. The topological polar surface area (TPSA) is 112 Å². The van der Waals surface area contributed by atoms with Gasteiger partial charge in [0.1, 0.15) is 11.5 Å². The van der Waals surface area contributed by atoms with Crippen LogP contribution < -0.4 is 0 Å². The van der Waals surface area contributed by atoms with Crippen molar-refractivity contribution >= 4 is 22.2 Å². The summed E-state index contributed by atoms with van der Waals surface area (Å²) in [7, 11) is 3.95. The Balaban J connectivity index is 1.49. The van der Waals surface area contributed by atoms with Crippen molar-refractivity contribution in [3.05, 3.63) is 72.8 Å². The Morgan fingerprint density at radius 3 is 2.63 bits per heavy atom. The van der Waals surface area contributed by atoms with E-state index in [-0.39, 0.29) is 11.0 Å². The molecule has 6 rings (SSSR count). The standard InChI is InChI=1S/C25H20FN9/c1-35(2)13-14-8-16(11-28-9-14)18-12-30-23-19(20(18)26)22(33-34-23)25-31-21-17(5-7-29-24(21)32-25)15-4-3-6-27-10-15/h3-12H,13H2,1-2H3,(H,29,31,32)(H,30,33,34). The quantitative estimate of drug-likeness (QED) is 0.392. The van der Waals surface area contributed by atoms with Gasteiger partial charge in [-0.2, -0.15) is 5.10 Å². The van der Waals surface area contributed by atoms with E-state index in [0.29, 0.717) is 34.8 Å². The van der Waals surface area contributed by atoms with E-state index < -0.39 is 5.82 Å². The number of aromatic amines is 2. The summed E-state index contributed by atoms with van der Waals surface area (Å²) in [6, 6.07) is 7.64. The molecule has 0 atom stereocenters. The van der Waals surface area contributed by atoms with Gasteiger partial charge in [-0.25, -0.2) is 19.3 Å². The van der Waals surface area contributed by atoms with Crippen LogP contribution in [0.25, 0.3) is 56.0 Å². The van der Waals surface area contributed by atoms with Crippen LogP contribution in [0.3, 0.4) is 0 Å². The van der Waals surface area contributed by atoms with Crippen LogP contribution in [0.15, 0.2) is 61.4 Å². The molecule has 0 amide bonds. The molecule has 0 saturated carbocycles. The summed E-state index contributed by atoms with van der Waals surface area (Å²) < 4.78 is 15.9. The number of imidazole rings is 1. The molecule has 0 unspecified atom stereocenters. The number of halogens is 1. The maximum atomic E-state index is 15.9. The Kier molecular flexibility index (Phi) is 5.00. The highest BCUT2D eigenvalue weighted by molar-refractivity contribution is 5.96. The minimum Gasteiger partial charge on any atom is -0.335 e. The summed E-state index contributed by atoms with van der Waals surface area (Å²) in [5, 5.41) is 7.36. The molecule has 9 nitrogen and oxygen atoms in total. The Morgan fingerprint density at radius 2 is 1.80 bits per heavy atom. The van der Waals surface area contributed by atoms with Crippen LogP contribution in [-0.2, 0) is 6.54 Å². The average molecular weight is 465 g/mol. The highest BCUT2D eigenvalue weighted by Gasteiger charge is 2.21. The van der Waals surface area contributed by atoms with E-state index in [1.54, 1.807) is 31.0 Å². The number of aromatic nitrogens is 8. The zero-order chi connectivity index (χ0) is 23.9. The molecule has 0 aliphatic carbocycles. The van der Waals surface area contributed by atoms with Gasteiger partial charge in [-0.1, -0.05) is 6.07 Å². The largest absolute Gasteiger partial charge is 0.335 e. The minimum absolute atomic E-state index is 0.252. The molecule has 10 heteroatoms. The van der Waals surface area contributed by atoms with E-state index in [9.17, 15) is 0 Å². The van der Waals surface area contributed by atoms with Crippen LogP contribution in [-0.4, -0.2) is 59.1 Å². The SMILES string of the molecule is CN(C)Cc1cncc(-c2cnc3n[nH]c(-c4nc5nccc(-c6cccnc6)c5[nH]4)c3c2F)c1. The molecular weight excluding hydrogens is 445 g/mol. The Bertz CT molecular complexity index is 1670. The number of nitrogens with zero attached hydrogens (tertiary/aromatic N) is 7. The Morgan fingerprint density at radius 1 is 0.914 bits per heavy atom. The third-order valence-corrected chi connectivity index (χ3v) is 5.73. The van der Waals surface area contributed by atoms with Crippen LogP contribution in [0.2, 0.25) is 0 Å². The third kappa shape index (κ3) is 3.69. The van der Waals surface area contributed by atoms with Crippen LogP contribution in [0, 0.1) is 5.82 Å². The predicted molar refractivity (Wildman–Crippen MR) is 131 cm³/mol. The van der Waals surface area contributed by atoms with Gasteiger partial charge in [0.2, 0.25) is 0 Å². The molecule has 0 aromatic carbocycles. The molecule has 172 valence electrons. The minimum atomic E-state index is -0.441. The van der Waals surface area contributed by atoms with Gasteiger partial charge >= 0.3 is 0 Å². The van der Waals surface area contributed by atoms with Crippen LogP contribution in [0.1, 0.15) is 5.56 Å². The molecule has 0 aliphatic heterocycles. The molecule has 0 fully saturated rings. The van der Waals surface area contributed by atoms with Crippen LogP contribution in [0.4, 0.5) is 4.39 Å². The number of H-pyrrole nitrogens is 2. The molecule has 0 aliphatic rings. The van der Waals surface area contributed by atoms with Crippen LogP contribution >= 0.6 is 0 Å². The van der Waals surface area contributed by atoms with E-state index >= 15 is 4.39 Å². The molecule has 35 heavy (non-hydrogen) atoms. The summed E-state index contributed by atoms with van der Waals surface area (Å²) in [6.07, 6.45) is 10.1. The van der Waals surface area contributed by atoms with Gasteiger partial charge in [-0.05, 0) is 37.9 Å². The summed E-state index contributed by atoms with van der Waals surface area (Å²) in [4.78, 5) is 27.2. The number of rotatable bonds is 5. The molecule has 0 bridgehead atoms. The fraction of sp³-hybridized carbons (Fsp3) is 0.120. The maximum absolute atomic E-state index is 15.9. The number of nitrogens with one attached hydrogen (secondary N) is 2. The van der Waals surface area contributed by atoms with Crippen molar-refractivity contribution in [2.75, 3.05) is 14.1 Å². The first-order valence-corrected chi connectivity index (χ1v) is 11.0. The van der Waals surface area contributed by atoms with Crippen molar-refractivity contribution in [3.63, 3.8) is 0 Å². The highest BCUT2D eigenvalue weighted by Crippen LogP contribution is 2.34. The normalized spacial score (nSPS) is 11.7. The number of pyridine rings is 4. The number of fused-ring (bicyclic) bond motifs is 2. The summed E-state index contributed by atoms with van der Waals surface area (Å²) in [6.45, 7) is 0.695. The molecule has 6 heterocycles. The molecule has 0 spiro atoms. The zero-order valence-corrected chi connectivity index (χ0v) is 19.0. The number of hydrogen-bond acceptors (Lipinski definition) is 7. The molecule has 0 radical (unpaired) electrons. The fourth-order valence-corrected chi connectivity index (χ4v) is 4.20. The maximum Gasteiger partial charge on any atom is 0.184 e. The second-order valence-corrected chi connectivity index (χ2v) is 8.49. The van der Waals surface area contributed by atoms with Crippen molar-refractivity contribution < 1.29 is 4.39 Å². The van der Waals surface area contributed by atoms with Gasteiger partial charge in [0.05, 0.1) is 10.9 Å². The lowest BCUT2D eigenvalue weighted by Crippen LogP contribution is -2.10. The van der Waals surface area contributed by atoms with Crippen molar-refractivity contribution in [1.82, 2.24) is 45.0 Å². The van der Waals surface area contributed by atoms with Gasteiger partial charge in [0.15, 0.2) is 17.1 Å². The average Bonchev–Trinajstić information content (AvgIpc) is 3.49. The van der Waals surface area contributed by atoms with Gasteiger partial charge < -0.3 is 9.88 Å². The molecule has 6 aromatic heterocycles. The lowest BCUT2D eigenvalue weighted by atomic mass is 10.1. The monoisotopic (exact) mass is 465 g/mol. The van der Waals surface area contributed by atoms with Gasteiger partial charge in [0, 0.05) is 66.0 Å². The van der Waals surface area contributed by atoms with Crippen LogP contribution in [0.5, 0.6) is 0 Å². The molecule has 6 aromatic rings. The van der Waals surface area contributed by atoms with Crippen molar-refractivity contribution in [1.29, 1.82) is 0 Å². The lowest BCUT2D eigenvalue weighted by Gasteiger charge is -2.11. The smallest absolute Gasteiger partial charge is 0.184 e. The van der Waals surface area contributed by atoms with E-state index in [2.05, 4.69) is 40.1 Å². The van der Waals surface area contributed by atoms with E-state index in [1.807, 2.05) is 43.3 Å². The van der Waals surface area contributed by atoms with Gasteiger partial charge in [-0.15, -0.1) is 0 Å². The summed E-state index contributed by atoms with van der Waals surface area (Å²) >= 11 is 0. The summed E-state index contributed by atoms with van der Waals surface area (Å²) in [5.41, 5.74) is 5.69. The first-order valence-electron chi connectivity index (χ1n) is 11.0. The lowest BCUT2D eigenvalue weighted by molar-refractivity contribution is 0.402. The van der Waals surface area contributed by atoms with E-state index in [4.69, 9.17) is 0 Å². The van der Waals surface area contributed by atoms with Gasteiger partial charge in [-0.3, -0.25) is 15.1 Å². The van der Waals surface area contributed by atoms with Gasteiger partial charge in [0.25, 0.3) is 0 Å². The second-order valence-electron chi connectivity index (χ2n) is 8.49. The van der Waals surface area contributed by atoms with E-state index in [0.717, 1.165) is 22.2 Å². The van der Waals surface area contributed by atoms with E-state index in [1.165, 1.54) is 6.20 Å². The molecule has 0 saturated heterocycles. The van der Waals surface area contributed by atoms with Crippen molar-refractivity contribution in [2.45, 2.75) is 6.54 Å². The zero-order valence-electron chi connectivity index (χ0n) is 19.0. The van der Waals surface area contributed by atoms with Crippen molar-refractivity contribution in [2.24, 2.45) is 0 Å². The fourth-order valence-electron chi connectivity index (χ4n) is 4.20.